The highest BCUT2D eigenvalue weighted by Crippen LogP contribution is 2.65. The number of rotatable bonds is 3. The van der Waals surface area contributed by atoms with Crippen molar-refractivity contribution < 1.29 is 23.5 Å². The minimum absolute atomic E-state index is 0.0895. The van der Waals surface area contributed by atoms with Crippen LogP contribution in [0.2, 0.25) is 0 Å². The van der Waals surface area contributed by atoms with Gasteiger partial charge in [0.25, 0.3) is 0 Å². The van der Waals surface area contributed by atoms with Gasteiger partial charge in [-0.3, -0.25) is 9.59 Å². The topological polar surface area (TPSA) is 76.8 Å². The molecular formula is C22H17NO5. The van der Waals surface area contributed by atoms with E-state index in [0.29, 0.717) is 17.5 Å². The number of hydrogen-bond acceptors (Lipinski definition) is 5. The first-order valence-electron chi connectivity index (χ1n) is 9.55. The Labute approximate surface area is 160 Å². The van der Waals surface area contributed by atoms with Crippen molar-refractivity contribution >= 4 is 23.5 Å². The van der Waals surface area contributed by atoms with Crippen molar-refractivity contribution in [2.24, 2.45) is 35.5 Å². The van der Waals surface area contributed by atoms with Crippen molar-refractivity contribution in [2.45, 2.75) is 6.42 Å². The van der Waals surface area contributed by atoms with Crippen LogP contribution in [0.4, 0.5) is 5.69 Å². The molecule has 5 aliphatic rings. The molecule has 3 fully saturated rings. The van der Waals surface area contributed by atoms with Gasteiger partial charge in [0.15, 0.2) is 0 Å². The Bertz CT molecular complexity index is 1000. The third kappa shape index (κ3) is 2.06. The molecular weight excluding hydrogens is 358 g/mol. The molecule has 1 aromatic heterocycles. The Balaban J connectivity index is 1.30. The molecule has 0 N–H and O–H groups in total. The summed E-state index contributed by atoms with van der Waals surface area (Å²) in [4.78, 5) is 39.7. The van der Waals surface area contributed by atoms with E-state index in [1.807, 2.05) is 0 Å². The normalized spacial score (nSPS) is 34.4. The van der Waals surface area contributed by atoms with Gasteiger partial charge in [0, 0.05) is 6.07 Å². The molecule has 28 heavy (non-hydrogen) atoms. The van der Waals surface area contributed by atoms with Crippen molar-refractivity contribution in [2.75, 3.05) is 4.90 Å². The molecule has 2 aromatic rings. The van der Waals surface area contributed by atoms with Gasteiger partial charge in [0.05, 0.1) is 23.8 Å². The van der Waals surface area contributed by atoms with E-state index >= 15 is 0 Å². The van der Waals surface area contributed by atoms with Crippen molar-refractivity contribution in [3.63, 3.8) is 0 Å². The number of nitrogens with zero attached hydrogens (tertiary/aromatic N) is 1. The van der Waals surface area contributed by atoms with Gasteiger partial charge in [-0.2, -0.15) is 0 Å². The fourth-order valence-corrected chi connectivity index (χ4v) is 5.45. The van der Waals surface area contributed by atoms with Gasteiger partial charge in [-0.15, -0.1) is 0 Å². The summed E-state index contributed by atoms with van der Waals surface area (Å²) in [6.07, 6.45) is 6.82. The number of amides is 2. The molecule has 4 aliphatic carbocycles. The van der Waals surface area contributed by atoms with E-state index in [1.165, 1.54) is 17.2 Å². The average Bonchev–Trinajstić information content (AvgIpc) is 3.26. The zero-order valence-corrected chi connectivity index (χ0v) is 14.9. The zero-order valence-electron chi connectivity index (χ0n) is 14.9. The van der Waals surface area contributed by atoms with Crippen molar-refractivity contribution in [1.82, 2.24) is 0 Å². The Hall–Kier alpha value is -3.15. The van der Waals surface area contributed by atoms with E-state index in [0.717, 1.165) is 6.42 Å². The minimum Gasteiger partial charge on any atom is -0.457 e. The van der Waals surface area contributed by atoms with E-state index in [4.69, 9.17) is 9.15 Å². The summed E-state index contributed by atoms with van der Waals surface area (Å²) >= 11 is 0. The standard InChI is InChI=1S/C22H17NO5/c24-20-18-13-6-7-14(16-10-15(13)16)19(18)21(25)23(20)11-3-1-4-12(9-11)28-22(26)17-5-2-8-27-17/h1-9,13-16,18-19H,10H2/t13-,14+,15-,16-,18+,19+/m1/s1. The molecule has 0 radical (unpaired) electrons. The Morgan fingerprint density at radius 2 is 1.71 bits per heavy atom. The molecule has 6 heteroatoms. The van der Waals surface area contributed by atoms with Gasteiger partial charge in [-0.05, 0) is 54.4 Å². The third-order valence-electron chi connectivity index (χ3n) is 6.67. The van der Waals surface area contributed by atoms with Crippen LogP contribution in [-0.2, 0) is 9.59 Å². The fraction of sp³-hybridized carbons (Fsp3) is 0.318. The summed E-state index contributed by atoms with van der Waals surface area (Å²) in [6, 6.07) is 9.66. The van der Waals surface area contributed by atoms with Crippen LogP contribution in [0, 0.1) is 35.5 Å². The smallest absolute Gasteiger partial charge is 0.379 e. The van der Waals surface area contributed by atoms with Crippen LogP contribution >= 0.6 is 0 Å². The molecule has 0 unspecified atom stereocenters. The first-order chi connectivity index (χ1) is 13.6. The first kappa shape index (κ1) is 15.9. The highest BCUT2D eigenvalue weighted by molar-refractivity contribution is 6.22. The predicted molar refractivity (Wildman–Crippen MR) is 97.3 cm³/mol. The molecule has 2 bridgehead atoms. The summed E-state index contributed by atoms with van der Waals surface area (Å²) in [5.41, 5.74) is 0.446. The maximum Gasteiger partial charge on any atom is 0.379 e. The molecule has 140 valence electrons. The number of esters is 1. The van der Waals surface area contributed by atoms with Crippen LogP contribution in [0.3, 0.4) is 0 Å². The molecule has 2 saturated carbocycles. The highest BCUT2D eigenvalue weighted by atomic mass is 16.5. The van der Waals surface area contributed by atoms with Gasteiger partial charge in [0.1, 0.15) is 5.75 Å². The summed E-state index contributed by atoms with van der Waals surface area (Å²) in [7, 11) is 0. The minimum atomic E-state index is -0.628. The molecule has 2 heterocycles. The lowest BCUT2D eigenvalue weighted by molar-refractivity contribution is -0.124. The molecule has 6 nitrogen and oxygen atoms in total. The van der Waals surface area contributed by atoms with E-state index in [1.54, 1.807) is 30.3 Å². The molecule has 6 atom stereocenters. The molecule has 7 rings (SSSR count). The quantitative estimate of drug-likeness (QED) is 0.357. The summed E-state index contributed by atoms with van der Waals surface area (Å²) in [6.45, 7) is 0. The van der Waals surface area contributed by atoms with Crippen LogP contribution in [-0.4, -0.2) is 17.8 Å². The number of carbonyl (C=O) groups is 3. The summed E-state index contributed by atoms with van der Waals surface area (Å²) in [5, 5.41) is 0. The number of anilines is 1. The van der Waals surface area contributed by atoms with Gasteiger partial charge in [0.2, 0.25) is 17.6 Å². The van der Waals surface area contributed by atoms with Gasteiger partial charge < -0.3 is 9.15 Å². The Morgan fingerprint density at radius 3 is 2.36 bits per heavy atom. The van der Waals surface area contributed by atoms with Crippen molar-refractivity contribution in [1.29, 1.82) is 0 Å². The van der Waals surface area contributed by atoms with Gasteiger partial charge >= 0.3 is 5.97 Å². The van der Waals surface area contributed by atoms with E-state index in [2.05, 4.69) is 12.2 Å². The Kier molecular flexibility index (Phi) is 3.08. The maximum atomic E-state index is 13.2. The fourth-order valence-electron chi connectivity index (χ4n) is 5.45. The Morgan fingerprint density at radius 1 is 1.00 bits per heavy atom. The number of imide groups is 1. The second kappa shape index (κ2) is 5.44. The van der Waals surface area contributed by atoms with Crippen molar-refractivity contribution in [3.05, 3.63) is 60.6 Å². The monoisotopic (exact) mass is 375 g/mol. The van der Waals surface area contributed by atoms with Crippen molar-refractivity contribution in [3.8, 4) is 5.75 Å². The highest BCUT2D eigenvalue weighted by Gasteiger charge is 2.67. The number of allylic oxidation sites excluding steroid dienone is 2. The van der Waals surface area contributed by atoms with Crippen LogP contribution in [0.1, 0.15) is 17.0 Å². The molecule has 2 amide bonds. The second-order valence-corrected chi connectivity index (χ2v) is 8.03. The second-order valence-electron chi connectivity index (χ2n) is 8.03. The van der Waals surface area contributed by atoms with Gasteiger partial charge in [-0.25, -0.2) is 9.69 Å². The molecule has 1 saturated heterocycles. The molecule has 1 aliphatic heterocycles. The zero-order chi connectivity index (χ0) is 19.0. The lowest BCUT2D eigenvalue weighted by atomic mass is 9.63. The SMILES string of the molecule is O=C(Oc1cccc(N2C(=O)[C@H]3[C@@H]4C=C[C@@H]([C@H]5C[C@H]45)[C@@H]3C2=O)c1)c1ccco1. The van der Waals surface area contributed by atoms with E-state index in [-0.39, 0.29) is 47.0 Å². The van der Waals surface area contributed by atoms with Gasteiger partial charge in [-0.1, -0.05) is 18.2 Å². The number of benzene rings is 1. The summed E-state index contributed by atoms with van der Waals surface area (Å²) < 4.78 is 10.4. The van der Waals surface area contributed by atoms with Crippen LogP contribution in [0.25, 0.3) is 0 Å². The number of hydrogen-bond donors (Lipinski definition) is 0. The van der Waals surface area contributed by atoms with E-state index < -0.39 is 5.97 Å². The molecule has 1 aromatic carbocycles. The van der Waals surface area contributed by atoms with Crippen LogP contribution in [0.15, 0.2) is 59.2 Å². The largest absolute Gasteiger partial charge is 0.457 e. The number of ether oxygens (including phenoxy) is 1. The summed E-state index contributed by atoms with van der Waals surface area (Å²) in [5.74, 6) is 0.455. The number of carbonyl (C=O) groups excluding carboxylic acids is 3. The lowest BCUT2D eigenvalue weighted by Gasteiger charge is -2.37. The third-order valence-corrected chi connectivity index (χ3v) is 6.67. The molecule has 0 spiro atoms. The average molecular weight is 375 g/mol. The van der Waals surface area contributed by atoms with Crippen LogP contribution < -0.4 is 9.64 Å². The predicted octanol–water partition coefficient (Wildman–Crippen LogP) is 3.06. The lowest BCUT2D eigenvalue weighted by Crippen LogP contribution is -2.40. The first-order valence-corrected chi connectivity index (χ1v) is 9.55. The van der Waals surface area contributed by atoms with E-state index in [9.17, 15) is 14.4 Å². The number of furan rings is 1. The maximum absolute atomic E-state index is 13.2. The van der Waals surface area contributed by atoms with Crippen LogP contribution in [0.5, 0.6) is 5.75 Å².